The summed E-state index contributed by atoms with van der Waals surface area (Å²) in [5.74, 6) is -1.76. The van der Waals surface area contributed by atoms with Crippen molar-refractivity contribution in [3.05, 3.63) is 40.0 Å². The van der Waals surface area contributed by atoms with E-state index < -0.39 is 11.6 Å². The third-order valence-electron chi connectivity index (χ3n) is 2.01. The van der Waals surface area contributed by atoms with Gasteiger partial charge in [0.05, 0.1) is 5.69 Å². The average Bonchev–Trinajstić information content (AvgIpc) is 2.15. The molecule has 1 aromatic heterocycles. The van der Waals surface area contributed by atoms with Crippen LogP contribution in [0.1, 0.15) is 5.69 Å². The van der Waals surface area contributed by atoms with E-state index in [9.17, 15) is 8.78 Å². The summed E-state index contributed by atoms with van der Waals surface area (Å²) >= 11 is 3.28. The summed E-state index contributed by atoms with van der Waals surface area (Å²) in [6.07, 6.45) is 0. The molecule has 2 rings (SSSR count). The first-order valence-corrected chi connectivity index (χ1v) is 4.80. The number of hydrogen-bond donors (Lipinski definition) is 0. The average molecular weight is 258 g/mol. The Balaban J connectivity index is 2.89. The molecule has 4 heteroatoms. The predicted molar refractivity (Wildman–Crippen MR) is 54.1 cm³/mol. The van der Waals surface area contributed by atoms with Gasteiger partial charge in [-0.2, -0.15) is 0 Å². The van der Waals surface area contributed by atoms with Gasteiger partial charge in [0.15, 0.2) is 11.6 Å². The van der Waals surface area contributed by atoms with E-state index in [1.807, 2.05) is 0 Å². The number of aromatic nitrogens is 1. The molecule has 0 saturated heterocycles. The molecule has 0 radical (unpaired) electrons. The number of aryl methyl sites for hydroxylation is 1. The predicted octanol–water partition coefficient (Wildman–Crippen LogP) is 3.58. The number of hydrogen-bond acceptors (Lipinski definition) is 1. The van der Waals surface area contributed by atoms with Crippen molar-refractivity contribution in [2.45, 2.75) is 6.92 Å². The first-order valence-electron chi connectivity index (χ1n) is 4.00. The second-order valence-corrected chi connectivity index (χ2v) is 3.84. The highest BCUT2D eigenvalue weighted by Crippen LogP contribution is 2.23. The van der Waals surface area contributed by atoms with Gasteiger partial charge in [-0.15, -0.1) is 0 Å². The quantitative estimate of drug-likeness (QED) is 0.703. The lowest BCUT2D eigenvalue weighted by Crippen LogP contribution is -1.92. The second kappa shape index (κ2) is 3.28. The maximum absolute atomic E-state index is 13.3. The zero-order valence-electron chi connectivity index (χ0n) is 7.31. The molecule has 0 unspecified atom stereocenters. The molecule has 1 aromatic carbocycles. The number of benzene rings is 1. The third-order valence-corrected chi connectivity index (χ3v) is 2.81. The van der Waals surface area contributed by atoms with Crippen molar-refractivity contribution in [1.29, 1.82) is 0 Å². The Morgan fingerprint density at radius 3 is 2.71 bits per heavy atom. The molecule has 0 amide bonds. The zero-order chi connectivity index (χ0) is 10.3. The Morgan fingerprint density at radius 1 is 1.29 bits per heavy atom. The molecule has 0 saturated carbocycles. The highest BCUT2D eigenvalue weighted by molar-refractivity contribution is 9.10. The fourth-order valence-corrected chi connectivity index (χ4v) is 1.58. The molecule has 0 aliphatic rings. The molecule has 1 nitrogen and oxygen atoms in total. The monoisotopic (exact) mass is 257 g/mol. The molecule has 0 spiro atoms. The van der Waals surface area contributed by atoms with Crippen LogP contribution in [0.3, 0.4) is 0 Å². The molecule has 0 bridgehead atoms. The molecule has 72 valence electrons. The van der Waals surface area contributed by atoms with Crippen molar-refractivity contribution in [3.63, 3.8) is 0 Å². The minimum absolute atomic E-state index is 0.0747. The van der Waals surface area contributed by atoms with Crippen LogP contribution in [0.25, 0.3) is 10.9 Å². The molecular weight excluding hydrogens is 252 g/mol. The number of fused-ring (bicyclic) bond motifs is 1. The van der Waals surface area contributed by atoms with E-state index in [4.69, 9.17) is 0 Å². The summed E-state index contributed by atoms with van der Waals surface area (Å²) < 4.78 is 26.9. The molecule has 0 N–H and O–H groups in total. The van der Waals surface area contributed by atoms with Gasteiger partial charge in [-0.05, 0) is 41.1 Å². The van der Waals surface area contributed by atoms with Gasteiger partial charge in [0.2, 0.25) is 0 Å². The molecule has 1 heterocycles. The van der Waals surface area contributed by atoms with Gasteiger partial charge in [0.1, 0.15) is 5.52 Å². The van der Waals surface area contributed by atoms with Gasteiger partial charge in [0.25, 0.3) is 0 Å². The van der Waals surface area contributed by atoms with E-state index in [2.05, 4.69) is 20.9 Å². The van der Waals surface area contributed by atoms with Gasteiger partial charge < -0.3 is 0 Å². The van der Waals surface area contributed by atoms with Crippen LogP contribution in [-0.4, -0.2) is 4.98 Å². The fraction of sp³-hybridized carbons (Fsp3) is 0.100. The number of rotatable bonds is 0. The molecule has 0 aliphatic heterocycles. The summed E-state index contributed by atoms with van der Waals surface area (Å²) in [6, 6.07) is 4.33. The highest BCUT2D eigenvalue weighted by Gasteiger charge is 2.09. The Bertz CT molecular complexity index is 511. The van der Waals surface area contributed by atoms with Crippen molar-refractivity contribution in [3.8, 4) is 0 Å². The van der Waals surface area contributed by atoms with Crippen LogP contribution in [0.4, 0.5) is 8.78 Å². The van der Waals surface area contributed by atoms with Crippen LogP contribution in [0, 0.1) is 18.6 Å². The first-order chi connectivity index (χ1) is 6.59. The lowest BCUT2D eigenvalue weighted by molar-refractivity contribution is 0.515. The SMILES string of the molecule is Cc1nc2c(F)c(F)ccc2cc1Br. The lowest BCUT2D eigenvalue weighted by Gasteiger charge is -2.03. The molecule has 2 aromatic rings. The van der Waals surface area contributed by atoms with Gasteiger partial charge in [-0.25, -0.2) is 13.8 Å². The molecule has 0 aliphatic carbocycles. The minimum atomic E-state index is -0.891. The largest absolute Gasteiger partial charge is 0.249 e. The summed E-state index contributed by atoms with van der Waals surface area (Å²) in [4.78, 5) is 3.97. The van der Waals surface area contributed by atoms with Crippen LogP contribution in [0.15, 0.2) is 22.7 Å². The maximum atomic E-state index is 13.3. The third kappa shape index (κ3) is 1.39. The minimum Gasteiger partial charge on any atom is -0.249 e. The summed E-state index contributed by atoms with van der Waals surface area (Å²) in [5.41, 5.74) is 0.715. The Hall–Kier alpha value is -1.03. The number of nitrogens with zero attached hydrogens (tertiary/aromatic N) is 1. The highest BCUT2D eigenvalue weighted by atomic mass is 79.9. The van der Waals surface area contributed by atoms with Crippen molar-refractivity contribution in [1.82, 2.24) is 4.98 Å². The Labute approximate surface area is 87.9 Å². The second-order valence-electron chi connectivity index (χ2n) is 2.99. The van der Waals surface area contributed by atoms with E-state index >= 15 is 0 Å². The topological polar surface area (TPSA) is 12.9 Å². The number of pyridine rings is 1. The van der Waals surface area contributed by atoms with E-state index in [1.54, 1.807) is 13.0 Å². The van der Waals surface area contributed by atoms with Crippen LogP contribution in [0.2, 0.25) is 0 Å². The molecule has 0 fully saturated rings. The van der Waals surface area contributed by atoms with Crippen LogP contribution in [0.5, 0.6) is 0 Å². The summed E-state index contributed by atoms with van der Waals surface area (Å²) in [6.45, 7) is 1.73. The van der Waals surface area contributed by atoms with Gasteiger partial charge in [0, 0.05) is 9.86 Å². The smallest absolute Gasteiger partial charge is 0.184 e. The maximum Gasteiger partial charge on any atom is 0.184 e. The van der Waals surface area contributed by atoms with Gasteiger partial charge in [-0.3, -0.25) is 0 Å². The summed E-state index contributed by atoms with van der Waals surface area (Å²) in [7, 11) is 0. The lowest BCUT2D eigenvalue weighted by atomic mass is 10.2. The molecular formula is C10H6BrF2N. The number of halogens is 3. The normalized spacial score (nSPS) is 10.9. The van der Waals surface area contributed by atoms with Crippen LogP contribution >= 0.6 is 15.9 Å². The van der Waals surface area contributed by atoms with E-state index in [0.29, 0.717) is 11.1 Å². The fourth-order valence-electron chi connectivity index (χ4n) is 1.25. The standard InChI is InChI=1S/C10H6BrF2N/c1-5-7(11)4-6-2-3-8(12)9(13)10(6)14-5/h2-4H,1H3. The van der Waals surface area contributed by atoms with Crippen molar-refractivity contribution in [2.75, 3.05) is 0 Å². The molecule has 0 atom stereocenters. The zero-order valence-corrected chi connectivity index (χ0v) is 8.90. The van der Waals surface area contributed by atoms with E-state index in [0.717, 1.165) is 10.5 Å². The van der Waals surface area contributed by atoms with Crippen molar-refractivity contribution < 1.29 is 8.78 Å². The van der Waals surface area contributed by atoms with Gasteiger partial charge in [-0.1, -0.05) is 0 Å². The van der Waals surface area contributed by atoms with E-state index in [-0.39, 0.29) is 5.52 Å². The van der Waals surface area contributed by atoms with Crippen molar-refractivity contribution >= 4 is 26.8 Å². The van der Waals surface area contributed by atoms with Crippen LogP contribution < -0.4 is 0 Å². The van der Waals surface area contributed by atoms with Crippen LogP contribution in [-0.2, 0) is 0 Å². The van der Waals surface area contributed by atoms with Gasteiger partial charge >= 0.3 is 0 Å². The Kier molecular flexibility index (Phi) is 2.23. The Morgan fingerprint density at radius 2 is 2.00 bits per heavy atom. The first kappa shape index (κ1) is 9.52. The van der Waals surface area contributed by atoms with Crippen molar-refractivity contribution in [2.24, 2.45) is 0 Å². The summed E-state index contributed by atoms with van der Waals surface area (Å²) in [5, 5.41) is 0.585. The van der Waals surface area contributed by atoms with E-state index in [1.165, 1.54) is 6.07 Å². The molecule has 14 heavy (non-hydrogen) atoms.